The molecule has 0 bridgehead atoms. The molecule has 6 heterocycles. The summed E-state index contributed by atoms with van der Waals surface area (Å²) in [5, 5.41) is 10.1. The molecule has 0 aromatic heterocycles. The Morgan fingerprint density at radius 2 is 0.647 bits per heavy atom. The summed E-state index contributed by atoms with van der Waals surface area (Å²) in [5.74, 6) is 0. The molecule has 6 aliphatic heterocycles. The van der Waals surface area contributed by atoms with Gasteiger partial charge in [-0.2, -0.15) is 0 Å². The molecule has 0 spiro atoms. The van der Waals surface area contributed by atoms with Crippen LogP contribution in [-0.4, -0.2) is 62.4 Å². The second-order valence-corrected chi connectivity index (χ2v) is 24.6. The van der Waals surface area contributed by atoms with E-state index < -0.39 is 0 Å². The Labute approximate surface area is 496 Å². The Kier molecular flexibility index (Phi) is 9.36. The highest BCUT2D eigenvalue weighted by molar-refractivity contribution is 7.03. The van der Waals surface area contributed by atoms with Crippen molar-refractivity contribution in [1.82, 2.24) is 0 Å². The molecule has 0 unspecified atom stereocenters. The molecule has 0 atom stereocenters. The van der Waals surface area contributed by atoms with Crippen molar-refractivity contribution >= 4 is 181 Å². The largest absolute Gasteiger partial charge is 0.345 e. The number of hydrogen-bond acceptors (Lipinski definition) is 6. The second-order valence-electron chi connectivity index (χ2n) is 24.6. The van der Waals surface area contributed by atoms with E-state index in [0.717, 1.165) is 0 Å². The zero-order valence-electron chi connectivity index (χ0n) is 48.3. The van der Waals surface area contributed by atoms with E-state index in [2.05, 4.69) is 296 Å². The highest BCUT2D eigenvalue weighted by Crippen LogP contribution is 2.48. The Balaban J connectivity index is 0.856. The second kappa shape index (κ2) is 16.8. The topological polar surface area (TPSA) is 19.4 Å². The summed E-state index contributed by atoms with van der Waals surface area (Å²) < 4.78 is 0. The molecule has 0 aliphatic carbocycles. The maximum absolute atomic E-state index is 2.56. The number of nitrogens with zero attached hydrogens (tertiary/aromatic N) is 6. The number of para-hydroxylation sites is 2. The highest BCUT2D eigenvalue weighted by atomic mass is 15.2. The van der Waals surface area contributed by atoms with Crippen molar-refractivity contribution in [3.63, 3.8) is 0 Å². The van der Waals surface area contributed by atoms with Crippen molar-refractivity contribution in [2.45, 2.75) is 0 Å². The molecule has 0 saturated carbocycles. The lowest BCUT2D eigenvalue weighted by Crippen LogP contribution is -2.62. The summed E-state index contributed by atoms with van der Waals surface area (Å²) in [4.78, 5) is 14.9. The van der Waals surface area contributed by atoms with Crippen LogP contribution in [0.3, 0.4) is 0 Å². The number of hydrogen-bond donors (Lipinski definition) is 0. The van der Waals surface area contributed by atoms with Crippen molar-refractivity contribution in [2.75, 3.05) is 71.7 Å². The van der Waals surface area contributed by atoms with Gasteiger partial charge in [-0.15, -0.1) is 0 Å². The van der Waals surface area contributed by atoms with E-state index in [9.17, 15) is 0 Å². The highest BCUT2D eigenvalue weighted by Gasteiger charge is 2.48. The van der Waals surface area contributed by atoms with Crippen molar-refractivity contribution in [1.29, 1.82) is 0 Å². The van der Waals surface area contributed by atoms with E-state index in [4.69, 9.17) is 0 Å². The van der Waals surface area contributed by atoms with Crippen molar-refractivity contribution in [3.8, 4) is 22.3 Å². The van der Waals surface area contributed by atoms with Crippen molar-refractivity contribution in [2.24, 2.45) is 0 Å². The van der Waals surface area contributed by atoms with Crippen LogP contribution < -0.4 is 78.6 Å². The fourth-order valence-corrected chi connectivity index (χ4v) is 17.0. The molecule has 6 aliphatic rings. The molecular weight excluding hydrogens is 1030 g/mol. The first-order valence-corrected chi connectivity index (χ1v) is 30.0. The predicted octanol–water partition coefficient (Wildman–Crippen LogP) is 11.7. The van der Waals surface area contributed by atoms with Gasteiger partial charge < -0.3 is 29.4 Å². The predicted molar refractivity (Wildman–Crippen MR) is 368 cm³/mol. The number of fused-ring (bicyclic) bond motifs is 19. The number of benzene rings is 13. The fourth-order valence-electron chi connectivity index (χ4n) is 17.0. The van der Waals surface area contributed by atoms with Gasteiger partial charge in [-0.1, -0.05) is 158 Å². The molecule has 85 heavy (non-hydrogen) atoms. The SMILES string of the molecule is CN1c2cc3ccccc3cc2B2c3c1cc(-c1cc4ccccc4c4c1B1c5ccccc5N(C)c5cc(-c6cccc7c6B6c8ccccc8N(C)c8cc9ccccc9c(c86)N7C)cc(c51)N4C)cc3N(C)c1ccc3ccccc3c12. The lowest BCUT2D eigenvalue weighted by atomic mass is 9.32. The van der Waals surface area contributed by atoms with Gasteiger partial charge in [0.1, 0.15) is 0 Å². The van der Waals surface area contributed by atoms with Crippen LogP contribution in [0, 0.1) is 0 Å². The van der Waals surface area contributed by atoms with Crippen LogP contribution >= 0.6 is 0 Å². The maximum Gasteiger partial charge on any atom is 0.252 e. The van der Waals surface area contributed by atoms with E-state index in [1.54, 1.807) is 0 Å². The van der Waals surface area contributed by atoms with Gasteiger partial charge in [-0.3, -0.25) is 0 Å². The van der Waals surface area contributed by atoms with Crippen LogP contribution in [0.1, 0.15) is 0 Å². The number of anilines is 12. The standard InChI is InChI=1S/C76H55B3N6/c1-80-60-32-18-16-30-57(60)78-71-55(50-42-65-72-66(43-50)83(4)63-38-46-22-8-7-21-45(46)37-58(63)79(72)69-51-25-12-9-20-44(51)34-35-62(69)82(65)3)36-47-23-10-13-26-53(47)75(71)85(6)67-41-49(40-64(80)73(67)78)52-28-19-33-61-70(52)77-56-29-15-17-31-59(56)81(2)68-39-48-24-11-14-27-54(48)76(74(68)77)84(61)5/h7-43H,1-6H3. The molecule has 0 radical (unpaired) electrons. The van der Waals surface area contributed by atoms with Crippen LogP contribution in [0.25, 0.3) is 65.3 Å². The Bertz CT molecular complexity index is 5210. The first-order chi connectivity index (χ1) is 41.7. The van der Waals surface area contributed by atoms with Gasteiger partial charge in [0.25, 0.3) is 20.1 Å². The molecular formula is C76H55B3N6. The monoisotopic (exact) mass is 1080 g/mol. The lowest BCUT2D eigenvalue weighted by Gasteiger charge is -2.45. The molecule has 13 aromatic carbocycles. The quantitative estimate of drug-likeness (QED) is 0.160. The smallest absolute Gasteiger partial charge is 0.252 e. The lowest BCUT2D eigenvalue weighted by molar-refractivity contribution is 1.18. The van der Waals surface area contributed by atoms with Gasteiger partial charge in [-0.05, 0) is 170 Å². The van der Waals surface area contributed by atoms with Gasteiger partial charge in [0.05, 0.1) is 0 Å². The molecule has 0 amide bonds. The van der Waals surface area contributed by atoms with Crippen LogP contribution in [0.5, 0.6) is 0 Å². The van der Waals surface area contributed by atoms with E-state index in [-0.39, 0.29) is 20.1 Å². The summed E-state index contributed by atoms with van der Waals surface area (Å²) in [6.07, 6.45) is 0. The van der Waals surface area contributed by atoms with E-state index in [1.165, 1.54) is 183 Å². The molecule has 0 N–H and O–H groups in total. The Hall–Kier alpha value is -10.1. The summed E-state index contributed by atoms with van der Waals surface area (Å²) in [5.41, 5.74) is 32.2. The average Bonchev–Trinajstić information content (AvgIpc) is 0.808. The summed E-state index contributed by atoms with van der Waals surface area (Å²) >= 11 is 0. The van der Waals surface area contributed by atoms with Crippen molar-refractivity contribution < 1.29 is 0 Å². The molecule has 9 heteroatoms. The molecule has 6 nitrogen and oxygen atoms in total. The minimum Gasteiger partial charge on any atom is -0.345 e. The van der Waals surface area contributed by atoms with E-state index >= 15 is 0 Å². The first-order valence-electron chi connectivity index (χ1n) is 30.0. The minimum absolute atomic E-state index is 0.0174. The van der Waals surface area contributed by atoms with Gasteiger partial charge >= 0.3 is 0 Å². The third-order valence-electron chi connectivity index (χ3n) is 20.7. The average molecular weight is 1080 g/mol. The third kappa shape index (κ3) is 6.07. The molecule has 19 rings (SSSR count). The Morgan fingerprint density at radius 3 is 1.31 bits per heavy atom. The maximum atomic E-state index is 2.56. The first kappa shape index (κ1) is 47.4. The summed E-state index contributed by atoms with van der Waals surface area (Å²) in [6.45, 7) is -0.00941. The van der Waals surface area contributed by atoms with Gasteiger partial charge in [0, 0.05) is 121 Å². The summed E-state index contributed by atoms with van der Waals surface area (Å²) in [7, 11) is 13.8. The third-order valence-corrected chi connectivity index (χ3v) is 20.7. The fraction of sp³-hybridized carbons (Fsp3) is 0.0789. The summed E-state index contributed by atoms with van der Waals surface area (Å²) in [6, 6.07) is 86.0. The van der Waals surface area contributed by atoms with Crippen LogP contribution in [-0.2, 0) is 0 Å². The Morgan fingerprint density at radius 1 is 0.224 bits per heavy atom. The van der Waals surface area contributed by atoms with Crippen LogP contribution in [0.4, 0.5) is 68.2 Å². The molecule has 0 saturated heterocycles. The zero-order chi connectivity index (χ0) is 56.4. The molecule has 13 aromatic rings. The normalized spacial score (nSPS) is 14.5. The van der Waals surface area contributed by atoms with Crippen LogP contribution in [0.15, 0.2) is 224 Å². The molecule has 0 fully saturated rings. The van der Waals surface area contributed by atoms with Gasteiger partial charge in [0.2, 0.25) is 0 Å². The van der Waals surface area contributed by atoms with E-state index in [0.29, 0.717) is 0 Å². The number of rotatable bonds is 2. The molecule has 398 valence electrons. The minimum atomic E-state index is -0.0636. The van der Waals surface area contributed by atoms with E-state index in [1.807, 2.05) is 0 Å². The van der Waals surface area contributed by atoms with Crippen LogP contribution in [0.2, 0.25) is 0 Å². The van der Waals surface area contributed by atoms with Gasteiger partial charge in [-0.25, -0.2) is 0 Å². The zero-order valence-corrected chi connectivity index (χ0v) is 48.3. The van der Waals surface area contributed by atoms with Crippen molar-refractivity contribution in [3.05, 3.63) is 224 Å². The van der Waals surface area contributed by atoms with Gasteiger partial charge in [0.15, 0.2) is 0 Å².